The lowest BCUT2D eigenvalue weighted by molar-refractivity contribution is 0.192. The van der Waals surface area contributed by atoms with Crippen molar-refractivity contribution in [3.8, 4) is 5.75 Å². The number of hydrogen-bond acceptors (Lipinski definition) is 3. The molecule has 1 aromatic rings. The lowest BCUT2D eigenvalue weighted by Crippen LogP contribution is -2.07. The van der Waals surface area contributed by atoms with Gasteiger partial charge in [-0.25, -0.2) is 4.39 Å². The molecule has 1 aromatic carbocycles. The van der Waals surface area contributed by atoms with Gasteiger partial charge in [-0.3, -0.25) is 5.84 Å². The first kappa shape index (κ1) is 9.09. The van der Waals surface area contributed by atoms with Gasteiger partial charge in [0.15, 0.2) is 0 Å². The Morgan fingerprint density at radius 3 is 2.83 bits per heavy atom. The number of ether oxygens (including phenoxy) is 1. The van der Waals surface area contributed by atoms with E-state index in [9.17, 15) is 4.39 Å². The predicted octanol–water partition coefficient (Wildman–Crippen LogP) is 1.93. The van der Waals surface area contributed by atoms with Crippen molar-refractivity contribution in [2.24, 2.45) is 5.84 Å². The molecule has 0 unspecified atom stereocenters. The number of benzene rings is 1. The molecule has 3 nitrogen and oxygen atoms in total. The molecular weight excluding hydrogens is 183 g/mol. The summed E-state index contributed by atoms with van der Waals surface area (Å²) in [6.45, 7) is -0.869. The second-order valence-electron chi connectivity index (χ2n) is 2.04. The minimum Gasteiger partial charge on any atom is -0.463 e. The second kappa shape index (κ2) is 4.13. The van der Waals surface area contributed by atoms with Crippen LogP contribution in [0, 0.1) is 0 Å². The van der Waals surface area contributed by atoms with E-state index < -0.39 is 6.86 Å². The van der Waals surface area contributed by atoms with Crippen molar-refractivity contribution >= 4 is 17.3 Å². The smallest absolute Gasteiger partial charge is 0.228 e. The average molecular weight is 191 g/mol. The molecule has 66 valence electrons. The molecule has 5 heteroatoms. The maximum absolute atomic E-state index is 11.7. The minimum atomic E-state index is -0.869. The maximum atomic E-state index is 11.7. The van der Waals surface area contributed by atoms with Gasteiger partial charge in [0.25, 0.3) is 0 Å². The van der Waals surface area contributed by atoms with E-state index >= 15 is 0 Å². The third-order valence-electron chi connectivity index (χ3n) is 1.32. The van der Waals surface area contributed by atoms with Gasteiger partial charge in [0.2, 0.25) is 6.86 Å². The minimum absolute atomic E-state index is 0.376. The maximum Gasteiger partial charge on any atom is 0.228 e. The number of rotatable bonds is 3. The number of nitrogens with two attached hydrogens (primary N) is 1. The second-order valence-corrected chi connectivity index (χ2v) is 2.45. The molecule has 0 bridgehead atoms. The van der Waals surface area contributed by atoms with Crippen LogP contribution >= 0.6 is 11.6 Å². The predicted molar refractivity (Wildman–Crippen MR) is 45.9 cm³/mol. The van der Waals surface area contributed by atoms with Gasteiger partial charge in [-0.15, -0.1) is 0 Å². The molecule has 0 fully saturated rings. The van der Waals surface area contributed by atoms with Crippen LogP contribution in [0.3, 0.4) is 0 Å². The lowest BCUT2D eigenvalue weighted by Gasteiger charge is -2.05. The summed E-state index contributed by atoms with van der Waals surface area (Å²) in [5, 5.41) is 0.392. The first-order valence-corrected chi connectivity index (χ1v) is 3.60. The van der Waals surface area contributed by atoms with Crippen LogP contribution in [0.5, 0.6) is 5.75 Å². The zero-order valence-corrected chi connectivity index (χ0v) is 6.94. The van der Waals surface area contributed by atoms with Gasteiger partial charge in [0.1, 0.15) is 5.75 Å². The van der Waals surface area contributed by atoms with Crippen molar-refractivity contribution in [2.45, 2.75) is 0 Å². The molecule has 0 amide bonds. The Hall–Kier alpha value is -1.00. The Morgan fingerprint density at radius 1 is 1.58 bits per heavy atom. The molecule has 0 aliphatic carbocycles. The molecular formula is C7H8ClFN2O. The molecule has 0 atom stereocenters. The zero-order valence-electron chi connectivity index (χ0n) is 6.18. The first-order valence-electron chi connectivity index (χ1n) is 3.23. The normalized spacial score (nSPS) is 9.58. The fraction of sp³-hybridized carbons (Fsp3) is 0.143. The summed E-state index contributed by atoms with van der Waals surface area (Å²) in [4.78, 5) is 0. The van der Waals surface area contributed by atoms with E-state index in [0.29, 0.717) is 16.5 Å². The highest BCUT2D eigenvalue weighted by molar-refractivity contribution is 6.33. The fourth-order valence-electron chi connectivity index (χ4n) is 0.766. The number of nitrogen functional groups attached to an aromatic ring is 1. The Bertz CT molecular complexity index is 270. The molecule has 0 aliphatic rings. The molecule has 12 heavy (non-hydrogen) atoms. The summed E-state index contributed by atoms with van der Waals surface area (Å²) in [6, 6.07) is 4.66. The van der Waals surface area contributed by atoms with Crippen LogP contribution in [0.25, 0.3) is 0 Å². The van der Waals surface area contributed by atoms with E-state index in [4.69, 9.17) is 17.4 Å². The molecule has 3 N–H and O–H groups in total. The van der Waals surface area contributed by atoms with E-state index in [1.807, 2.05) is 0 Å². The first-order chi connectivity index (χ1) is 5.77. The molecule has 0 aromatic heterocycles. The van der Waals surface area contributed by atoms with Gasteiger partial charge >= 0.3 is 0 Å². The number of nitrogens with one attached hydrogen (secondary N) is 1. The Kier molecular flexibility index (Phi) is 3.13. The number of hydrazine groups is 1. The highest BCUT2D eigenvalue weighted by Crippen LogP contribution is 2.25. The summed E-state index contributed by atoms with van der Waals surface area (Å²) in [5.41, 5.74) is 2.96. The summed E-state index contributed by atoms with van der Waals surface area (Å²) < 4.78 is 16.3. The molecule has 0 aliphatic heterocycles. The largest absolute Gasteiger partial charge is 0.463 e. The third kappa shape index (κ3) is 1.99. The highest BCUT2D eigenvalue weighted by Gasteiger charge is 2.00. The van der Waals surface area contributed by atoms with Crippen LogP contribution in [0.1, 0.15) is 0 Å². The van der Waals surface area contributed by atoms with E-state index in [1.54, 1.807) is 12.1 Å². The highest BCUT2D eigenvalue weighted by atomic mass is 35.5. The van der Waals surface area contributed by atoms with Gasteiger partial charge in [0.05, 0.1) is 10.7 Å². The van der Waals surface area contributed by atoms with Crippen LogP contribution in [0.2, 0.25) is 5.02 Å². The van der Waals surface area contributed by atoms with E-state index in [2.05, 4.69) is 10.2 Å². The molecule has 0 saturated carbocycles. The van der Waals surface area contributed by atoms with Gasteiger partial charge < -0.3 is 10.2 Å². The lowest BCUT2D eigenvalue weighted by atomic mass is 10.3. The van der Waals surface area contributed by atoms with Gasteiger partial charge in [-0.2, -0.15) is 0 Å². The standard InChI is InChI=1S/C7H8ClFN2O/c8-6-3-5(12-4-9)1-2-7(6)11-10/h1-3,11H,4,10H2. The molecule has 0 heterocycles. The fourth-order valence-corrected chi connectivity index (χ4v) is 0.991. The van der Waals surface area contributed by atoms with Crippen molar-refractivity contribution in [1.29, 1.82) is 0 Å². The molecule has 0 saturated heterocycles. The Morgan fingerprint density at radius 2 is 2.33 bits per heavy atom. The van der Waals surface area contributed by atoms with Crippen LogP contribution in [0.15, 0.2) is 18.2 Å². The van der Waals surface area contributed by atoms with Crippen LogP contribution in [0.4, 0.5) is 10.1 Å². The number of hydrogen-bond donors (Lipinski definition) is 2. The molecule has 0 radical (unpaired) electrons. The van der Waals surface area contributed by atoms with Crippen molar-refractivity contribution < 1.29 is 9.13 Å². The quantitative estimate of drug-likeness (QED) is 0.566. The van der Waals surface area contributed by atoms with E-state index in [1.165, 1.54) is 6.07 Å². The summed E-state index contributed by atoms with van der Waals surface area (Å²) in [7, 11) is 0. The van der Waals surface area contributed by atoms with Gasteiger partial charge in [-0.1, -0.05) is 11.6 Å². The number of anilines is 1. The Balaban J connectivity index is 2.86. The van der Waals surface area contributed by atoms with Gasteiger partial charge in [-0.05, 0) is 12.1 Å². The molecule has 1 rings (SSSR count). The average Bonchev–Trinajstić information content (AvgIpc) is 2.05. The summed E-state index contributed by atoms with van der Waals surface area (Å²) >= 11 is 5.72. The topological polar surface area (TPSA) is 47.3 Å². The Labute approximate surface area is 74.2 Å². The third-order valence-corrected chi connectivity index (χ3v) is 1.63. The SMILES string of the molecule is NNc1ccc(OCF)cc1Cl. The molecule has 0 spiro atoms. The van der Waals surface area contributed by atoms with Crippen molar-refractivity contribution in [3.63, 3.8) is 0 Å². The van der Waals surface area contributed by atoms with E-state index in [-0.39, 0.29) is 0 Å². The number of halogens is 2. The summed E-state index contributed by atoms with van der Waals surface area (Å²) in [6.07, 6.45) is 0. The van der Waals surface area contributed by atoms with Crippen molar-refractivity contribution in [1.82, 2.24) is 0 Å². The van der Waals surface area contributed by atoms with Crippen LogP contribution in [-0.4, -0.2) is 6.86 Å². The van der Waals surface area contributed by atoms with Gasteiger partial charge in [0, 0.05) is 6.07 Å². The van der Waals surface area contributed by atoms with Crippen LogP contribution < -0.4 is 16.0 Å². The van der Waals surface area contributed by atoms with Crippen molar-refractivity contribution in [2.75, 3.05) is 12.3 Å². The van der Waals surface area contributed by atoms with Crippen molar-refractivity contribution in [3.05, 3.63) is 23.2 Å². The summed E-state index contributed by atoms with van der Waals surface area (Å²) in [5.74, 6) is 5.50. The van der Waals surface area contributed by atoms with E-state index in [0.717, 1.165) is 0 Å². The van der Waals surface area contributed by atoms with Crippen LogP contribution in [-0.2, 0) is 0 Å². The zero-order chi connectivity index (χ0) is 8.97. The monoisotopic (exact) mass is 190 g/mol. The number of alkyl halides is 1.